The van der Waals surface area contributed by atoms with Crippen LogP contribution in [0.3, 0.4) is 0 Å². The van der Waals surface area contributed by atoms with Crippen LogP contribution in [0.4, 0.5) is 0 Å². The number of unbranched alkanes of at least 4 members (excludes halogenated alkanes) is 1. The van der Waals surface area contributed by atoms with E-state index in [9.17, 15) is 9.59 Å². The Kier molecular flexibility index (Phi) is 5.76. The van der Waals surface area contributed by atoms with E-state index in [-0.39, 0.29) is 5.56 Å². The first-order chi connectivity index (χ1) is 11.0. The summed E-state index contributed by atoms with van der Waals surface area (Å²) in [5, 5.41) is 0. The molecule has 0 spiro atoms. The summed E-state index contributed by atoms with van der Waals surface area (Å²) in [5.41, 5.74) is 0.185. The number of rotatable bonds is 8. The minimum Gasteiger partial charge on any atom is -0.321 e. The van der Waals surface area contributed by atoms with Crippen molar-refractivity contribution in [3.8, 4) is 0 Å². The molecule has 7 heteroatoms. The van der Waals surface area contributed by atoms with Crippen molar-refractivity contribution in [1.29, 1.82) is 0 Å². The third-order valence-corrected chi connectivity index (χ3v) is 4.17. The zero-order valence-corrected chi connectivity index (χ0v) is 14.6. The van der Waals surface area contributed by atoms with Crippen LogP contribution in [0.1, 0.15) is 45.9 Å². The summed E-state index contributed by atoms with van der Waals surface area (Å²) in [6.07, 6.45) is 3.19. The molecule has 2 heterocycles. The van der Waals surface area contributed by atoms with Crippen molar-refractivity contribution in [2.45, 2.75) is 53.1 Å². The lowest BCUT2D eigenvalue weighted by Gasteiger charge is -2.20. The zero-order valence-electron chi connectivity index (χ0n) is 14.6. The molecular weight excluding hydrogens is 294 g/mol. The number of hydrogen-bond donors (Lipinski definition) is 1. The highest BCUT2D eigenvalue weighted by Crippen LogP contribution is 2.14. The van der Waals surface area contributed by atoms with Crippen molar-refractivity contribution < 1.29 is 0 Å². The van der Waals surface area contributed by atoms with Gasteiger partial charge in [-0.2, -0.15) is 0 Å². The Bertz CT molecular complexity index is 771. The third kappa shape index (κ3) is 3.55. The predicted molar refractivity (Wildman–Crippen MR) is 91.7 cm³/mol. The van der Waals surface area contributed by atoms with E-state index in [1.807, 2.05) is 4.57 Å². The molecule has 0 atom stereocenters. The maximum Gasteiger partial charge on any atom is 0.329 e. The summed E-state index contributed by atoms with van der Waals surface area (Å²) in [7, 11) is 1.64. The number of nitrogens with one attached hydrogen (secondary N) is 1. The minimum atomic E-state index is -0.423. The first-order valence-corrected chi connectivity index (χ1v) is 8.44. The average Bonchev–Trinajstić information content (AvgIpc) is 2.88. The van der Waals surface area contributed by atoms with E-state index < -0.39 is 5.69 Å². The number of nitrogens with zero attached hydrogens (tertiary/aromatic N) is 4. The SMILES string of the molecule is CCCCN(CC)Cc1nc2c(c(=O)[nH]c(=O)n2C)n1CCC. The molecule has 23 heavy (non-hydrogen) atoms. The molecule has 2 aromatic rings. The second-order valence-corrected chi connectivity index (χ2v) is 5.89. The normalized spacial score (nSPS) is 11.7. The van der Waals surface area contributed by atoms with Gasteiger partial charge >= 0.3 is 5.69 Å². The molecule has 7 nitrogen and oxygen atoms in total. The molecule has 0 unspecified atom stereocenters. The number of imidazole rings is 1. The standard InChI is InChI=1S/C16H27N5O2/c1-5-8-10-20(7-3)11-12-17-14-13(21(12)9-6-2)15(22)18-16(23)19(14)4/h5-11H2,1-4H3,(H,18,22,23). The van der Waals surface area contributed by atoms with Crippen LogP contribution in [-0.4, -0.2) is 37.1 Å². The largest absolute Gasteiger partial charge is 0.329 e. The highest BCUT2D eigenvalue weighted by Gasteiger charge is 2.18. The van der Waals surface area contributed by atoms with Crippen LogP contribution in [0, 0.1) is 0 Å². The number of H-pyrrole nitrogens is 1. The van der Waals surface area contributed by atoms with Gasteiger partial charge < -0.3 is 4.57 Å². The second kappa shape index (κ2) is 7.59. The van der Waals surface area contributed by atoms with Gasteiger partial charge in [0, 0.05) is 13.6 Å². The number of aromatic nitrogens is 4. The summed E-state index contributed by atoms with van der Waals surface area (Å²) in [6, 6.07) is 0. The molecule has 0 amide bonds. The van der Waals surface area contributed by atoms with Gasteiger partial charge in [-0.15, -0.1) is 0 Å². The second-order valence-electron chi connectivity index (χ2n) is 5.89. The summed E-state index contributed by atoms with van der Waals surface area (Å²) < 4.78 is 3.37. The molecule has 0 saturated carbocycles. The smallest absolute Gasteiger partial charge is 0.321 e. The Hall–Kier alpha value is -1.89. The van der Waals surface area contributed by atoms with Crippen LogP contribution < -0.4 is 11.2 Å². The quantitative estimate of drug-likeness (QED) is 0.798. The Balaban J connectivity index is 2.52. The topological polar surface area (TPSA) is 75.9 Å². The molecule has 0 radical (unpaired) electrons. The van der Waals surface area contributed by atoms with E-state index in [2.05, 4.69) is 35.6 Å². The Morgan fingerprint density at radius 3 is 2.52 bits per heavy atom. The molecule has 0 aliphatic heterocycles. The highest BCUT2D eigenvalue weighted by molar-refractivity contribution is 5.70. The van der Waals surface area contributed by atoms with Crippen molar-refractivity contribution in [3.05, 3.63) is 26.7 Å². The molecule has 0 saturated heterocycles. The summed E-state index contributed by atoms with van der Waals surface area (Å²) in [5.74, 6) is 0.853. The number of hydrogen-bond acceptors (Lipinski definition) is 4. The van der Waals surface area contributed by atoms with Gasteiger partial charge in [-0.1, -0.05) is 27.2 Å². The van der Waals surface area contributed by atoms with Gasteiger partial charge in [-0.3, -0.25) is 19.2 Å². The van der Waals surface area contributed by atoms with Crippen LogP contribution in [0.5, 0.6) is 0 Å². The lowest BCUT2D eigenvalue weighted by molar-refractivity contribution is 0.265. The van der Waals surface area contributed by atoms with Crippen LogP contribution in [0.2, 0.25) is 0 Å². The fraction of sp³-hybridized carbons (Fsp3) is 0.688. The van der Waals surface area contributed by atoms with Crippen LogP contribution in [0.15, 0.2) is 9.59 Å². The number of aromatic amines is 1. The maximum atomic E-state index is 12.2. The summed E-state index contributed by atoms with van der Waals surface area (Å²) in [4.78, 5) is 33.4. The molecule has 2 aromatic heterocycles. The van der Waals surface area contributed by atoms with Gasteiger partial charge in [-0.05, 0) is 25.9 Å². The van der Waals surface area contributed by atoms with Crippen molar-refractivity contribution in [1.82, 2.24) is 24.0 Å². The van der Waals surface area contributed by atoms with Crippen LogP contribution in [-0.2, 0) is 20.1 Å². The molecule has 0 aliphatic carbocycles. The number of aryl methyl sites for hydroxylation is 2. The molecular formula is C16H27N5O2. The Morgan fingerprint density at radius 2 is 1.91 bits per heavy atom. The highest BCUT2D eigenvalue weighted by atomic mass is 16.2. The lowest BCUT2D eigenvalue weighted by atomic mass is 10.3. The number of fused-ring (bicyclic) bond motifs is 1. The minimum absolute atomic E-state index is 0.355. The first-order valence-electron chi connectivity index (χ1n) is 8.44. The first kappa shape index (κ1) is 17.5. The van der Waals surface area contributed by atoms with E-state index in [4.69, 9.17) is 0 Å². The molecule has 1 N–H and O–H groups in total. The zero-order chi connectivity index (χ0) is 17.0. The van der Waals surface area contributed by atoms with E-state index in [1.54, 1.807) is 7.05 Å². The molecule has 0 fully saturated rings. The van der Waals surface area contributed by atoms with E-state index in [0.29, 0.717) is 17.7 Å². The van der Waals surface area contributed by atoms with Crippen molar-refractivity contribution >= 4 is 11.2 Å². The molecule has 0 aliphatic rings. The Labute approximate surface area is 135 Å². The van der Waals surface area contributed by atoms with Crippen molar-refractivity contribution in [2.75, 3.05) is 13.1 Å². The van der Waals surface area contributed by atoms with Crippen LogP contribution >= 0.6 is 0 Å². The summed E-state index contributed by atoms with van der Waals surface area (Å²) >= 11 is 0. The Morgan fingerprint density at radius 1 is 1.17 bits per heavy atom. The monoisotopic (exact) mass is 321 g/mol. The van der Waals surface area contributed by atoms with E-state index in [0.717, 1.165) is 44.7 Å². The average molecular weight is 321 g/mol. The molecule has 2 rings (SSSR count). The van der Waals surface area contributed by atoms with Crippen LogP contribution in [0.25, 0.3) is 11.2 Å². The van der Waals surface area contributed by atoms with Gasteiger partial charge in [0.15, 0.2) is 11.2 Å². The van der Waals surface area contributed by atoms with Gasteiger partial charge in [-0.25, -0.2) is 9.78 Å². The van der Waals surface area contributed by atoms with Gasteiger partial charge in [0.25, 0.3) is 5.56 Å². The molecule has 0 aromatic carbocycles. The van der Waals surface area contributed by atoms with E-state index in [1.165, 1.54) is 4.57 Å². The van der Waals surface area contributed by atoms with Crippen molar-refractivity contribution in [2.24, 2.45) is 7.05 Å². The van der Waals surface area contributed by atoms with Gasteiger partial charge in [0.1, 0.15) is 5.82 Å². The third-order valence-electron chi connectivity index (χ3n) is 4.17. The van der Waals surface area contributed by atoms with E-state index >= 15 is 0 Å². The maximum absolute atomic E-state index is 12.2. The molecule has 128 valence electrons. The fourth-order valence-corrected chi connectivity index (χ4v) is 2.80. The summed E-state index contributed by atoms with van der Waals surface area (Å²) in [6.45, 7) is 9.74. The predicted octanol–water partition coefficient (Wildman–Crippen LogP) is 1.46. The van der Waals surface area contributed by atoms with Gasteiger partial charge in [0.05, 0.1) is 6.54 Å². The van der Waals surface area contributed by atoms with Crippen molar-refractivity contribution in [3.63, 3.8) is 0 Å². The lowest BCUT2D eigenvalue weighted by Crippen LogP contribution is -2.29. The van der Waals surface area contributed by atoms with Gasteiger partial charge in [0.2, 0.25) is 0 Å². The fourth-order valence-electron chi connectivity index (χ4n) is 2.80. The molecule has 0 bridgehead atoms.